The summed E-state index contributed by atoms with van der Waals surface area (Å²) in [5, 5.41) is 1.63. The van der Waals surface area contributed by atoms with Crippen LogP contribution in [-0.2, 0) is 4.74 Å². The zero-order chi connectivity index (χ0) is 16.6. The highest BCUT2D eigenvalue weighted by Crippen LogP contribution is 2.33. The van der Waals surface area contributed by atoms with E-state index in [1.807, 2.05) is 33.0 Å². The van der Waals surface area contributed by atoms with Gasteiger partial charge in [0.1, 0.15) is 11.2 Å². The van der Waals surface area contributed by atoms with E-state index in [1.165, 1.54) is 0 Å². The maximum absolute atomic E-state index is 12.1. The topological polar surface area (TPSA) is 61.5 Å². The summed E-state index contributed by atoms with van der Waals surface area (Å²) in [6.45, 7) is 8.27. The van der Waals surface area contributed by atoms with Gasteiger partial charge >= 0.3 is 6.09 Å². The van der Waals surface area contributed by atoms with Crippen LogP contribution in [0.1, 0.15) is 20.8 Å². The SMILES string of the molecule is CC(C)(C)OC(=O)N1CCN(c2c(Cl)cnc3[nH]ccc23)CC1. The quantitative estimate of drug-likeness (QED) is 0.868. The van der Waals surface area contributed by atoms with Crippen LogP contribution >= 0.6 is 11.6 Å². The Labute approximate surface area is 140 Å². The normalized spacial score (nSPS) is 16.0. The number of piperazine rings is 1. The van der Waals surface area contributed by atoms with Crippen LogP contribution in [0.5, 0.6) is 0 Å². The van der Waals surface area contributed by atoms with E-state index in [0.717, 1.165) is 16.7 Å². The number of aromatic amines is 1. The minimum Gasteiger partial charge on any atom is -0.444 e. The molecule has 1 aliphatic heterocycles. The van der Waals surface area contributed by atoms with Crippen LogP contribution in [0.3, 0.4) is 0 Å². The number of aromatic nitrogens is 2. The van der Waals surface area contributed by atoms with Crippen LogP contribution in [0.25, 0.3) is 11.0 Å². The van der Waals surface area contributed by atoms with Gasteiger partial charge in [-0.15, -0.1) is 0 Å². The van der Waals surface area contributed by atoms with Crippen molar-refractivity contribution in [2.24, 2.45) is 0 Å². The van der Waals surface area contributed by atoms with Gasteiger partial charge in [0, 0.05) is 37.8 Å². The highest BCUT2D eigenvalue weighted by molar-refractivity contribution is 6.34. The van der Waals surface area contributed by atoms with E-state index in [0.29, 0.717) is 31.2 Å². The van der Waals surface area contributed by atoms with E-state index >= 15 is 0 Å². The predicted molar refractivity (Wildman–Crippen MR) is 91.1 cm³/mol. The Balaban J connectivity index is 1.72. The average molecular weight is 337 g/mol. The second kappa shape index (κ2) is 5.92. The van der Waals surface area contributed by atoms with E-state index < -0.39 is 5.60 Å². The summed E-state index contributed by atoms with van der Waals surface area (Å²) >= 11 is 6.36. The average Bonchev–Trinajstić information content (AvgIpc) is 2.94. The summed E-state index contributed by atoms with van der Waals surface area (Å²) in [4.78, 5) is 23.5. The first kappa shape index (κ1) is 15.9. The molecule has 2 aromatic rings. The van der Waals surface area contributed by atoms with E-state index in [9.17, 15) is 4.79 Å². The zero-order valence-corrected chi connectivity index (χ0v) is 14.4. The number of carbonyl (C=O) groups is 1. The molecular weight excluding hydrogens is 316 g/mol. The first-order chi connectivity index (χ1) is 10.8. The number of rotatable bonds is 1. The van der Waals surface area contributed by atoms with Gasteiger partial charge in [0.05, 0.1) is 16.9 Å². The molecule has 1 fully saturated rings. The Hall–Kier alpha value is -1.95. The molecule has 1 N–H and O–H groups in total. The lowest BCUT2D eigenvalue weighted by Crippen LogP contribution is -2.50. The summed E-state index contributed by atoms with van der Waals surface area (Å²) in [5.74, 6) is 0. The molecule has 0 atom stereocenters. The molecule has 7 heteroatoms. The van der Waals surface area contributed by atoms with Crippen molar-refractivity contribution in [3.8, 4) is 0 Å². The van der Waals surface area contributed by atoms with Gasteiger partial charge in [-0.2, -0.15) is 0 Å². The molecule has 23 heavy (non-hydrogen) atoms. The number of halogens is 1. The van der Waals surface area contributed by atoms with Crippen molar-refractivity contribution >= 4 is 34.4 Å². The van der Waals surface area contributed by atoms with E-state index in [4.69, 9.17) is 16.3 Å². The molecule has 0 radical (unpaired) electrons. The summed E-state index contributed by atoms with van der Waals surface area (Å²) in [5.41, 5.74) is 1.32. The monoisotopic (exact) mass is 336 g/mol. The van der Waals surface area contributed by atoms with Gasteiger partial charge in [-0.05, 0) is 26.8 Å². The largest absolute Gasteiger partial charge is 0.444 e. The van der Waals surface area contributed by atoms with Crippen molar-refractivity contribution in [2.45, 2.75) is 26.4 Å². The fourth-order valence-electron chi connectivity index (χ4n) is 2.73. The van der Waals surface area contributed by atoms with Gasteiger partial charge < -0.3 is 19.5 Å². The molecule has 0 bridgehead atoms. The minimum atomic E-state index is -0.472. The Kier molecular flexibility index (Phi) is 4.10. The first-order valence-electron chi connectivity index (χ1n) is 7.69. The number of amides is 1. The van der Waals surface area contributed by atoms with Crippen molar-refractivity contribution < 1.29 is 9.53 Å². The van der Waals surface area contributed by atoms with Crippen LogP contribution in [0.2, 0.25) is 5.02 Å². The van der Waals surface area contributed by atoms with Gasteiger partial charge in [-0.1, -0.05) is 11.6 Å². The summed E-state index contributed by atoms with van der Waals surface area (Å²) in [6, 6.07) is 1.98. The third-order valence-electron chi connectivity index (χ3n) is 3.76. The zero-order valence-electron chi connectivity index (χ0n) is 13.6. The molecule has 2 aromatic heterocycles. The molecule has 124 valence electrons. The molecule has 0 aromatic carbocycles. The van der Waals surface area contributed by atoms with Crippen LogP contribution in [0.15, 0.2) is 18.5 Å². The molecule has 0 spiro atoms. The van der Waals surface area contributed by atoms with Crippen molar-refractivity contribution in [2.75, 3.05) is 31.1 Å². The van der Waals surface area contributed by atoms with Crippen LogP contribution in [0.4, 0.5) is 10.5 Å². The number of hydrogen-bond acceptors (Lipinski definition) is 4. The maximum Gasteiger partial charge on any atom is 0.410 e. The Morgan fingerprint density at radius 1 is 1.30 bits per heavy atom. The third-order valence-corrected chi connectivity index (χ3v) is 4.04. The van der Waals surface area contributed by atoms with E-state index in [-0.39, 0.29) is 6.09 Å². The second-order valence-corrected chi connectivity index (χ2v) is 7.06. The third kappa shape index (κ3) is 3.37. The number of pyridine rings is 1. The van der Waals surface area contributed by atoms with Crippen molar-refractivity contribution in [3.05, 3.63) is 23.5 Å². The lowest BCUT2D eigenvalue weighted by atomic mass is 10.2. The van der Waals surface area contributed by atoms with Gasteiger partial charge in [0.2, 0.25) is 0 Å². The Morgan fingerprint density at radius 3 is 2.65 bits per heavy atom. The van der Waals surface area contributed by atoms with Gasteiger partial charge in [-0.3, -0.25) is 0 Å². The van der Waals surface area contributed by atoms with Crippen LogP contribution < -0.4 is 4.90 Å². The smallest absolute Gasteiger partial charge is 0.410 e. The molecular formula is C16H21ClN4O2. The number of anilines is 1. The van der Waals surface area contributed by atoms with Gasteiger partial charge in [-0.25, -0.2) is 9.78 Å². The predicted octanol–water partition coefficient (Wildman–Crippen LogP) is 3.27. The fraction of sp³-hybridized carbons (Fsp3) is 0.500. The molecule has 6 nitrogen and oxygen atoms in total. The van der Waals surface area contributed by atoms with Crippen molar-refractivity contribution in [3.63, 3.8) is 0 Å². The molecule has 0 aliphatic carbocycles. The standard InChI is InChI=1S/C16H21ClN4O2/c1-16(2,3)23-15(22)21-8-6-20(7-9-21)13-11-4-5-18-14(11)19-10-12(13)17/h4-5,10H,6-9H2,1-3H3,(H,18,19). The first-order valence-corrected chi connectivity index (χ1v) is 8.07. The summed E-state index contributed by atoms with van der Waals surface area (Å²) < 4.78 is 5.43. The Bertz CT molecular complexity index is 714. The number of ether oxygens (including phenoxy) is 1. The number of hydrogen-bond donors (Lipinski definition) is 1. The number of nitrogens with one attached hydrogen (secondary N) is 1. The highest BCUT2D eigenvalue weighted by atomic mass is 35.5. The maximum atomic E-state index is 12.1. The van der Waals surface area contributed by atoms with Crippen molar-refractivity contribution in [1.82, 2.24) is 14.9 Å². The van der Waals surface area contributed by atoms with Crippen molar-refractivity contribution in [1.29, 1.82) is 0 Å². The number of fused-ring (bicyclic) bond motifs is 1. The Morgan fingerprint density at radius 2 is 2.00 bits per heavy atom. The fourth-order valence-corrected chi connectivity index (χ4v) is 3.00. The molecule has 3 heterocycles. The molecule has 3 rings (SSSR count). The number of nitrogens with zero attached hydrogens (tertiary/aromatic N) is 3. The molecule has 1 aliphatic rings. The van der Waals surface area contributed by atoms with Gasteiger partial charge in [0.15, 0.2) is 0 Å². The molecule has 0 unspecified atom stereocenters. The number of H-pyrrole nitrogens is 1. The van der Waals surface area contributed by atoms with Gasteiger partial charge in [0.25, 0.3) is 0 Å². The number of carbonyl (C=O) groups excluding carboxylic acids is 1. The second-order valence-electron chi connectivity index (χ2n) is 6.65. The molecule has 1 saturated heterocycles. The minimum absolute atomic E-state index is 0.259. The van der Waals surface area contributed by atoms with Crippen LogP contribution in [0, 0.1) is 0 Å². The van der Waals surface area contributed by atoms with E-state index in [1.54, 1.807) is 11.1 Å². The highest BCUT2D eigenvalue weighted by Gasteiger charge is 2.27. The summed E-state index contributed by atoms with van der Waals surface area (Å²) in [7, 11) is 0. The van der Waals surface area contributed by atoms with E-state index in [2.05, 4.69) is 14.9 Å². The van der Waals surface area contributed by atoms with Crippen LogP contribution in [-0.4, -0.2) is 52.7 Å². The molecule has 1 amide bonds. The lowest BCUT2D eigenvalue weighted by Gasteiger charge is -2.37. The summed E-state index contributed by atoms with van der Waals surface area (Å²) in [6.07, 6.45) is 3.26. The molecule has 0 saturated carbocycles. The lowest BCUT2D eigenvalue weighted by molar-refractivity contribution is 0.0241.